The SMILES string of the molecule is CC(C)NCCC(O)Oc1ccc(OCc2ccccc2)c(OCc2ccccc2)c1. The highest BCUT2D eigenvalue weighted by molar-refractivity contribution is 5.46. The molecular weight excluding hydrogens is 390 g/mol. The quantitative estimate of drug-likeness (QED) is 0.406. The van der Waals surface area contributed by atoms with Crippen molar-refractivity contribution >= 4 is 0 Å². The second kappa shape index (κ2) is 12.0. The summed E-state index contributed by atoms with van der Waals surface area (Å²) in [5.41, 5.74) is 2.13. The van der Waals surface area contributed by atoms with Crippen molar-refractivity contribution in [3.05, 3.63) is 90.0 Å². The highest BCUT2D eigenvalue weighted by Crippen LogP contribution is 2.33. The van der Waals surface area contributed by atoms with Gasteiger partial charge in [0.1, 0.15) is 19.0 Å². The Hall–Kier alpha value is -3.02. The van der Waals surface area contributed by atoms with Crippen molar-refractivity contribution in [2.75, 3.05) is 6.54 Å². The molecule has 3 aromatic carbocycles. The molecule has 0 amide bonds. The Bertz CT molecular complexity index is 900. The van der Waals surface area contributed by atoms with E-state index in [0.717, 1.165) is 11.1 Å². The first kappa shape index (κ1) is 22.7. The van der Waals surface area contributed by atoms with Gasteiger partial charge in [-0.1, -0.05) is 74.5 Å². The number of nitrogens with one attached hydrogen (secondary N) is 1. The molecule has 0 fully saturated rings. The lowest BCUT2D eigenvalue weighted by molar-refractivity contribution is -0.0227. The molecule has 0 spiro atoms. The Morgan fingerprint density at radius 2 is 1.35 bits per heavy atom. The van der Waals surface area contributed by atoms with Crippen LogP contribution in [0.2, 0.25) is 0 Å². The first-order valence-corrected chi connectivity index (χ1v) is 10.7. The fourth-order valence-corrected chi connectivity index (χ4v) is 2.98. The van der Waals surface area contributed by atoms with E-state index in [1.54, 1.807) is 12.1 Å². The molecule has 3 rings (SSSR count). The fraction of sp³-hybridized carbons (Fsp3) is 0.308. The monoisotopic (exact) mass is 421 g/mol. The Balaban J connectivity index is 1.67. The minimum Gasteiger partial charge on any atom is -0.485 e. The number of hydrogen-bond acceptors (Lipinski definition) is 5. The molecule has 164 valence electrons. The van der Waals surface area contributed by atoms with E-state index < -0.39 is 6.29 Å². The first-order valence-electron chi connectivity index (χ1n) is 10.7. The van der Waals surface area contributed by atoms with Crippen molar-refractivity contribution < 1.29 is 19.3 Å². The van der Waals surface area contributed by atoms with E-state index in [-0.39, 0.29) is 0 Å². The van der Waals surface area contributed by atoms with Crippen LogP contribution in [0.3, 0.4) is 0 Å². The maximum atomic E-state index is 10.2. The third-order valence-corrected chi connectivity index (χ3v) is 4.61. The van der Waals surface area contributed by atoms with E-state index in [9.17, 15) is 5.11 Å². The summed E-state index contributed by atoms with van der Waals surface area (Å²) in [5, 5.41) is 13.5. The first-order chi connectivity index (χ1) is 15.1. The van der Waals surface area contributed by atoms with Crippen LogP contribution in [0.5, 0.6) is 17.2 Å². The number of ether oxygens (including phenoxy) is 3. The van der Waals surface area contributed by atoms with Crippen LogP contribution in [0, 0.1) is 0 Å². The summed E-state index contributed by atoms with van der Waals surface area (Å²) in [4.78, 5) is 0. The van der Waals surface area contributed by atoms with E-state index in [0.29, 0.717) is 49.5 Å². The zero-order valence-electron chi connectivity index (χ0n) is 18.2. The standard InChI is InChI=1S/C26H31NO4/c1-20(2)27-16-15-26(28)31-23-13-14-24(29-18-21-9-5-3-6-10-21)25(17-23)30-19-22-11-7-4-8-12-22/h3-14,17,20,26-28H,15-16,18-19H2,1-2H3. The van der Waals surface area contributed by atoms with Gasteiger partial charge in [-0.05, 0) is 23.3 Å². The Kier molecular flexibility index (Phi) is 8.76. The molecular formula is C26H31NO4. The topological polar surface area (TPSA) is 60.0 Å². The zero-order chi connectivity index (χ0) is 21.9. The minimum atomic E-state index is -0.899. The van der Waals surface area contributed by atoms with Gasteiger partial charge in [0.2, 0.25) is 0 Å². The maximum Gasteiger partial charge on any atom is 0.198 e. The summed E-state index contributed by atoms with van der Waals surface area (Å²) in [5.74, 6) is 1.74. The molecule has 0 radical (unpaired) electrons. The lowest BCUT2D eigenvalue weighted by Crippen LogP contribution is -2.28. The van der Waals surface area contributed by atoms with E-state index in [1.165, 1.54) is 0 Å². The molecule has 0 aliphatic heterocycles. The summed E-state index contributed by atoms with van der Waals surface area (Å²) >= 11 is 0. The summed E-state index contributed by atoms with van der Waals surface area (Å²) < 4.78 is 17.7. The normalized spacial score (nSPS) is 11.9. The van der Waals surface area contributed by atoms with Gasteiger partial charge >= 0.3 is 0 Å². The van der Waals surface area contributed by atoms with Crippen molar-refractivity contribution in [2.45, 2.75) is 45.8 Å². The Morgan fingerprint density at radius 1 is 0.774 bits per heavy atom. The predicted molar refractivity (Wildman–Crippen MR) is 122 cm³/mol. The molecule has 1 unspecified atom stereocenters. The zero-order valence-corrected chi connectivity index (χ0v) is 18.2. The van der Waals surface area contributed by atoms with Crippen molar-refractivity contribution in [2.24, 2.45) is 0 Å². The average molecular weight is 422 g/mol. The van der Waals surface area contributed by atoms with Crippen LogP contribution in [-0.2, 0) is 13.2 Å². The molecule has 31 heavy (non-hydrogen) atoms. The van der Waals surface area contributed by atoms with Gasteiger partial charge in [0.25, 0.3) is 0 Å². The van der Waals surface area contributed by atoms with E-state index in [4.69, 9.17) is 14.2 Å². The van der Waals surface area contributed by atoms with Crippen LogP contribution < -0.4 is 19.5 Å². The fourth-order valence-electron chi connectivity index (χ4n) is 2.98. The smallest absolute Gasteiger partial charge is 0.198 e. The molecule has 2 N–H and O–H groups in total. The molecule has 0 saturated heterocycles. The summed E-state index contributed by atoms with van der Waals surface area (Å²) in [6.45, 7) is 5.66. The number of benzene rings is 3. The molecule has 5 heteroatoms. The Morgan fingerprint density at radius 3 is 1.94 bits per heavy atom. The van der Waals surface area contributed by atoms with Crippen molar-refractivity contribution in [1.82, 2.24) is 5.32 Å². The van der Waals surface area contributed by atoms with E-state index in [2.05, 4.69) is 19.2 Å². The average Bonchev–Trinajstić information content (AvgIpc) is 2.78. The molecule has 0 aromatic heterocycles. The highest BCUT2D eigenvalue weighted by Gasteiger charge is 2.12. The number of rotatable bonds is 12. The van der Waals surface area contributed by atoms with Gasteiger partial charge in [-0.15, -0.1) is 0 Å². The van der Waals surface area contributed by atoms with Crippen LogP contribution in [0.25, 0.3) is 0 Å². The van der Waals surface area contributed by atoms with E-state index in [1.807, 2.05) is 66.7 Å². The lowest BCUT2D eigenvalue weighted by atomic mass is 10.2. The summed E-state index contributed by atoms with van der Waals surface area (Å²) in [7, 11) is 0. The van der Waals surface area contributed by atoms with Gasteiger partial charge < -0.3 is 24.6 Å². The van der Waals surface area contributed by atoms with Gasteiger partial charge in [0.15, 0.2) is 17.8 Å². The van der Waals surface area contributed by atoms with Gasteiger partial charge in [0, 0.05) is 25.1 Å². The predicted octanol–water partition coefficient (Wildman–Crippen LogP) is 4.93. The van der Waals surface area contributed by atoms with Gasteiger partial charge in [0.05, 0.1) is 0 Å². The summed E-state index contributed by atoms with van der Waals surface area (Å²) in [6.07, 6.45) is -0.408. The number of aliphatic hydroxyl groups is 1. The molecule has 0 saturated carbocycles. The molecule has 0 aliphatic rings. The summed E-state index contributed by atoms with van der Waals surface area (Å²) in [6, 6.07) is 25.7. The van der Waals surface area contributed by atoms with Crippen LogP contribution in [-0.4, -0.2) is 24.0 Å². The third-order valence-electron chi connectivity index (χ3n) is 4.61. The van der Waals surface area contributed by atoms with Crippen LogP contribution in [0.1, 0.15) is 31.4 Å². The van der Waals surface area contributed by atoms with Crippen LogP contribution in [0.15, 0.2) is 78.9 Å². The number of hydrogen-bond donors (Lipinski definition) is 2. The second-order valence-corrected chi connectivity index (χ2v) is 7.63. The van der Waals surface area contributed by atoms with Gasteiger partial charge in [-0.25, -0.2) is 0 Å². The van der Waals surface area contributed by atoms with Crippen molar-refractivity contribution in [1.29, 1.82) is 0 Å². The minimum absolute atomic E-state index is 0.367. The Labute approximate surface area is 184 Å². The third kappa shape index (κ3) is 7.96. The molecule has 0 bridgehead atoms. The van der Waals surface area contributed by atoms with Crippen LogP contribution >= 0.6 is 0 Å². The molecule has 0 aliphatic carbocycles. The molecule has 1 atom stereocenters. The van der Waals surface area contributed by atoms with Gasteiger partial charge in [-0.2, -0.15) is 0 Å². The molecule has 0 heterocycles. The largest absolute Gasteiger partial charge is 0.485 e. The van der Waals surface area contributed by atoms with Crippen molar-refractivity contribution in [3.63, 3.8) is 0 Å². The second-order valence-electron chi connectivity index (χ2n) is 7.63. The van der Waals surface area contributed by atoms with Gasteiger partial charge in [-0.3, -0.25) is 0 Å². The van der Waals surface area contributed by atoms with Crippen molar-refractivity contribution in [3.8, 4) is 17.2 Å². The molecule has 3 aromatic rings. The molecule has 5 nitrogen and oxygen atoms in total. The van der Waals surface area contributed by atoms with E-state index >= 15 is 0 Å². The maximum absolute atomic E-state index is 10.2. The van der Waals surface area contributed by atoms with Crippen LogP contribution in [0.4, 0.5) is 0 Å². The highest BCUT2D eigenvalue weighted by atomic mass is 16.6. The lowest BCUT2D eigenvalue weighted by Gasteiger charge is -2.18. The number of aliphatic hydroxyl groups excluding tert-OH is 1.